The van der Waals surface area contributed by atoms with Crippen LogP contribution in [0.3, 0.4) is 0 Å². The molecule has 0 radical (unpaired) electrons. The van der Waals surface area contributed by atoms with Crippen LogP contribution in [0.1, 0.15) is 15.4 Å². The van der Waals surface area contributed by atoms with Gasteiger partial charge in [0.05, 0.1) is 25.2 Å². The van der Waals surface area contributed by atoms with Crippen LogP contribution in [0.4, 0.5) is 5.69 Å². The molecule has 0 saturated carbocycles. The highest BCUT2D eigenvalue weighted by Crippen LogP contribution is 2.26. The number of amides is 1. The lowest BCUT2D eigenvalue weighted by Crippen LogP contribution is -2.22. The fourth-order valence-electron chi connectivity index (χ4n) is 2.68. The number of aromatic nitrogens is 5. The fourth-order valence-corrected chi connectivity index (χ4v) is 4.23. The maximum absolute atomic E-state index is 12.5. The number of nitrogens with one attached hydrogen (secondary N) is 2. The summed E-state index contributed by atoms with van der Waals surface area (Å²) in [7, 11) is -3.34. The van der Waals surface area contributed by atoms with Crippen LogP contribution in [-0.4, -0.2) is 45.5 Å². The molecule has 1 aromatic carbocycles. The Morgan fingerprint density at radius 3 is 2.69 bits per heavy atom. The van der Waals surface area contributed by atoms with Gasteiger partial charge in [-0.05, 0) is 30.3 Å². The Morgan fingerprint density at radius 2 is 1.97 bits per heavy atom. The van der Waals surface area contributed by atoms with E-state index in [0.29, 0.717) is 32.1 Å². The average molecular weight is 490 g/mol. The molecule has 4 rings (SSSR count). The molecule has 0 saturated heterocycles. The molecule has 10 nitrogen and oxygen atoms in total. The number of anilines is 1. The molecule has 0 unspecified atom stereocenters. The van der Waals surface area contributed by atoms with Gasteiger partial charge in [-0.1, -0.05) is 16.8 Å². The Bertz CT molecular complexity index is 1370. The summed E-state index contributed by atoms with van der Waals surface area (Å²) in [6, 6.07) is 10.0. The first-order chi connectivity index (χ1) is 15.3. The topological polar surface area (TPSA) is 132 Å². The van der Waals surface area contributed by atoms with E-state index in [9.17, 15) is 13.2 Å². The first-order valence-corrected chi connectivity index (χ1v) is 12.2. The van der Waals surface area contributed by atoms with Gasteiger partial charge in [0.25, 0.3) is 5.91 Å². The molecule has 0 fully saturated rings. The van der Waals surface area contributed by atoms with E-state index >= 15 is 0 Å². The number of thiazole rings is 1. The smallest absolute Gasteiger partial charge is 0.263 e. The lowest BCUT2D eigenvalue weighted by Gasteiger charge is -2.04. The largest absolute Gasteiger partial charge is 0.346 e. The molecule has 0 bridgehead atoms. The van der Waals surface area contributed by atoms with Crippen LogP contribution >= 0.6 is 22.9 Å². The molecule has 0 aliphatic carbocycles. The molecule has 13 heteroatoms. The summed E-state index contributed by atoms with van der Waals surface area (Å²) >= 11 is 7.19. The number of halogens is 1. The second kappa shape index (κ2) is 9.02. The van der Waals surface area contributed by atoms with E-state index in [1.807, 2.05) is 0 Å². The van der Waals surface area contributed by atoms with Gasteiger partial charge in [0.15, 0.2) is 5.82 Å². The van der Waals surface area contributed by atoms with Gasteiger partial charge in [0.2, 0.25) is 10.0 Å². The van der Waals surface area contributed by atoms with Gasteiger partial charge in [-0.2, -0.15) is 0 Å². The minimum absolute atomic E-state index is 0.179. The van der Waals surface area contributed by atoms with Crippen LogP contribution in [0, 0.1) is 0 Å². The standard InChI is InChI=1S/C19H16ClN7O3S2/c1-32(29,30)25-14-4-2-12(3-5-14)19-23-10-16(31-19)18(28)22-9-15-11-27(26-24-15)17-8-13(20)6-7-21-17/h2-8,10-11,25H,9H2,1H3,(H,22,28). The van der Waals surface area contributed by atoms with Crippen molar-refractivity contribution in [3.63, 3.8) is 0 Å². The average Bonchev–Trinajstić information content (AvgIpc) is 3.42. The van der Waals surface area contributed by atoms with Crippen molar-refractivity contribution in [2.75, 3.05) is 11.0 Å². The van der Waals surface area contributed by atoms with Crippen LogP contribution < -0.4 is 10.0 Å². The highest BCUT2D eigenvalue weighted by molar-refractivity contribution is 7.92. The normalized spacial score (nSPS) is 11.3. The van der Waals surface area contributed by atoms with E-state index in [0.717, 1.165) is 11.8 Å². The Morgan fingerprint density at radius 1 is 1.19 bits per heavy atom. The van der Waals surface area contributed by atoms with E-state index in [2.05, 4.69) is 30.3 Å². The van der Waals surface area contributed by atoms with E-state index in [1.165, 1.54) is 22.2 Å². The number of nitrogens with zero attached hydrogens (tertiary/aromatic N) is 5. The summed E-state index contributed by atoms with van der Waals surface area (Å²) in [5.41, 5.74) is 1.77. The van der Waals surface area contributed by atoms with E-state index in [4.69, 9.17) is 11.6 Å². The Kier molecular flexibility index (Phi) is 6.17. The van der Waals surface area contributed by atoms with Gasteiger partial charge in [-0.25, -0.2) is 23.1 Å². The lowest BCUT2D eigenvalue weighted by molar-refractivity contribution is 0.0954. The van der Waals surface area contributed by atoms with Crippen molar-refractivity contribution in [1.29, 1.82) is 0 Å². The van der Waals surface area contributed by atoms with Crippen LogP contribution in [0.25, 0.3) is 16.4 Å². The third-order valence-corrected chi connectivity index (χ3v) is 5.96. The van der Waals surface area contributed by atoms with Gasteiger partial charge in [0, 0.05) is 28.5 Å². The minimum atomic E-state index is -3.34. The second-order valence-electron chi connectivity index (χ2n) is 6.65. The third kappa shape index (κ3) is 5.46. The maximum Gasteiger partial charge on any atom is 0.263 e. The highest BCUT2D eigenvalue weighted by atomic mass is 35.5. The predicted octanol–water partition coefficient (Wildman–Crippen LogP) is 2.74. The van der Waals surface area contributed by atoms with Crippen molar-refractivity contribution < 1.29 is 13.2 Å². The zero-order valence-corrected chi connectivity index (χ0v) is 18.9. The first-order valence-electron chi connectivity index (χ1n) is 9.12. The van der Waals surface area contributed by atoms with Crippen molar-refractivity contribution in [3.05, 3.63) is 70.6 Å². The number of hydrogen-bond acceptors (Lipinski definition) is 8. The molecule has 1 amide bonds. The van der Waals surface area contributed by atoms with E-state index in [-0.39, 0.29) is 12.5 Å². The minimum Gasteiger partial charge on any atom is -0.346 e. The van der Waals surface area contributed by atoms with Crippen LogP contribution in [0.5, 0.6) is 0 Å². The van der Waals surface area contributed by atoms with E-state index in [1.54, 1.807) is 48.8 Å². The first kappa shape index (κ1) is 21.9. The van der Waals surface area contributed by atoms with Gasteiger partial charge < -0.3 is 5.32 Å². The number of benzene rings is 1. The molecule has 0 spiro atoms. The SMILES string of the molecule is CS(=O)(=O)Nc1ccc(-c2ncc(C(=O)NCc3cn(-c4cc(Cl)ccn4)nn3)s2)cc1. The summed E-state index contributed by atoms with van der Waals surface area (Å²) in [4.78, 5) is 21.4. The summed E-state index contributed by atoms with van der Waals surface area (Å²) < 4.78 is 26.5. The number of carbonyl (C=O) groups excluding carboxylic acids is 1. The Labute approximate surface area is 192 Å². The van der Waals surface area contributed by atoms with Crippen LogP contribution in [0.15, 0.2) is 55.0 Å². The molecule has 3 heterocycles. The molecule has 32 heavy (non-hydrogen) atoms. The van der Waals surface area contributed by atoms with Crippen molar-refractivity contribution in [1.82, 2.24) is 30.3 Å². The number of rotatable bonds is 7. The van der Waals surface area contributed by atoms with Crippen LogP contribution in [0.2, 0.25) is 5.02 Å². The Hall–Kier alpha value is -3.35. The molecule has 0 atom stereocenters. The molecule has 2 N–H and O–H groups in total. The molecular weight excluding hydrogens is 474 g/mol. The van der Waals surface area contributed by atoms with E-state index < -0.39 is 10.0 Å². The number of sulfonamides is 1. The van der Waals surface area contributed by atoms with Gasteiger partial charge in [-0.3, -0.25) is 9.52 Å². The van der Waals surface area contributed by atoms with Crippen molar-refractivity contribution >= 4 is 44.6 Å². The molecule has 3 aromatic heterocycles. The van der Waals surface area contributed by atoms with Crippen LogP contribution in [-0.2, 0) is 16.6 Å². The summed E-state index contributed by atoms with van der Waals surface area (Å²) in [6.45, 7) is 0.179. The fraction of sp³-hybridized carbons (Fsp3) is 0.105. The quantitative estimate of drug-likeness (QED) is 0.408. The maximum atomic E-state index is 12.5. The second-order valence-corrected chi connectivity index (χ2v) is 9.87. The van der Waals surface area contributed by atoms with Crippen molar-refractivity contribution in [2.24, 2.45) is 0 Å². The lowest BCUT2D eigenvalue weighted by atomic mass is 10.2. The highest BCUT2D eigenvalue weighted by Gasteiger charge is 2.13. The molecule has 164 valence electrons. The zero-order chi connectivity index (χ0) is 22.7. The zero-order valence-electron chi connectivity index (χ0n) is 16.6. The van der Waals surface area contributed by atoms with Gasteiger partial charge in [0.1, 0.15) is 15.6 Å². The monoisotopic (exact) mass is 489 g/mol. The molecule has 0 aliphatic rings. The number of carbonyl (C=O) groups is 1. The van der Waals surface area contributed by atoms with Gasteiger partial charge >= 0.3 is 0 Å². The Balaban J connectivity index is 1.38. The summed E-state index contributed by atoms with van der Waals surface area (Å²) in [5, 5.41) is 12.0. The number of pyridine rings is 1. The van der Waals surface area contributed by atoms with Crippen molar-refractivity contribution in [3.8, 4) is 16.4 Å². The van der Waals surface area contributed by atoms with Gasteiger partial charge in [-0.15, -0.1) is 16.4 Å². The predicted molar refractivity (Wildman–Crippen MR) is 121 cm³/mol. The third-order valence-electron chi connectivity index (χ3n) is 4.08. The van der Waals surface area contributed by atoms with Crippen molar-refractivity contribution in [2.45, 2.75) is 6.54 Å². The molecule has 4 aromatic rings. The number of hydrogen-bond donors (Lipinski definition) is 2. The summed E-state index contributed by atoms with van der Waals surface area (Å²) in [6.07, 6.45) is 5.80. The molecule has 0 aliphatic heterocycles. The molecular formula is C19H16ClN7O3S2. The summed E-state index contributed by atoms with van der Waals surface area (Å²) in [5.74, 6) is 0.229.